The lowest BCUT2D eigenvalue weighted by molar-refractivity contribution is 0.0730. The van der Waals surface area contributed by atoms with E-state index in [0.717, 1.165) is 15.2 Å². The van der Waals surface area contributed by atoms with Gasteiger partial charge < -0.3 is 4.74 Å². The number of morpholine rings is 1. The first-order valence-electron chi connectivity index (χ1n) is 8.54. The van der Waals surface area contributed by atoms with Crippen LogP contribution in [0.5, 0.6) is 0 Å². The van der Waals surface area contributed by atoms with Gasteiger partial charge in [0.2, 0.25) is 10.0 Å². The van der Waals surface area contributed by atoms with E-state index in [1.807, 2.05) is 13.8 Å². The molecule has 0 bridgehead atoms. The number of sulfonamides is 1. The fourth-order valence-electron chi connectivity index (χ4n) is 3.10. The van der Waals surface area contributed by atoms with E-state index in [1.54, 1.807) is 12.1 Å². The van der Waals surface area contributed by atoms with Gasteiger partial charge in [-0.15, -0.1) is 0 Å². The van der Waals surface area contributed by atoms with Crippen molar-refractivity contribution in [3.05, 3.63) is 40.7 Å². The van der Waals surface area contributed by atoms with Gasteiger partial charge in [0.15, 0.2) is 0 Å². The van der Waals surface area contributed by atoms with Crippen LogP contribution in [0, 0.1) is 27.7 Å². The van der Waals surface area contributed by atoms with Crippen molar-refractivity contribution in [2.24, 2.45) is 0 Å². The zero-order valence-electron chi connectivity index (χ0n) is 15.8. The van der Waals surface area contributed by atoms with E-state index in [1.165, 1.54) is 24.2 Å². The average Bonchev–Trinajstić information content (AvgIpc) is 2.93. The van der Waals surface area contributed by atoms with Crippen LogP contribution < -0.4 is 0 Å². The Morgan fingerprint density at radius 3 is 2.15 bits per heavy atom. The van der Waals surface area contributed by atoms with Crippen molar-refractivity contribution < 1.29 is 21.6 Å². The van der Waals surface area contributed by atoms with Gasteiger partial charge in [-0.2, -0.15) is 21.9 Å². The van der Waals surface area contributed by atoms with Crippen molar-refractivity contribution in [2.75, 3.05) is 26.3 Å². The summed E-state index contributed by atoms with van der Waals surface area (Å²) in [5.74, 6) is 0. The standard InChI is InChI=1S/C17H23N3O5S2/c1-12-5-6-16(11-13(12)2)26(21,22)20-15(4)17(14(3)18-20)27(23,24)19-7-9-25-10-8-19/h5-6,11H,7-10H2,1-4H3. The first-order chi connectivity index (χ1) is 12.6. The van der Waals surface area contributed by atoms with Crippen molar-refractivity contribution in [2.45, 2.75) is 37.5 Å². The SMILES string of the molecule is Cc1ccc(S(=O)(=O)n2nc(C)c(S(=O)(=O)N3CCOCC3)c2C)cc1C. The Hall–Kier alpha value is -1.75. The number of benzene rings is 1. The minimum Gasteiger partial charge on any atom is -0.379 e. The summed E-state index contributed by atoms with van der Waals surface area (Å²) in [6.45, 7) is 7.77. The number of aryl methyl sites for hydroxylation is 3. The van der Waals surface area contributed by atoms with Gasteiger partial charge in [0.05, 0.1) is 29.5 Å². The number of ether oxygens (including phenoxy) is 1. The summed E-state index contributed by atoms with van der Waals surface area (Å²) in [6, 6.07) is 4.79. The highest BCUT2D eigenvalue weighted by Gasteiger charge is 2.34. The van der Waals surface area contributed by atoms with Crippen LogP contribution in [-0.2, 0) is 24.8 Å². The zero-order chi connectivity index (χ0) is 20.0. The topological polar surface area (TPSA) is 98.6 Å². The highest BCUT2D eigenvalue weighted by molar-refractivity contribution is 7.90. The summed E-state index contributed by atoms with van der Waals surface area (Å²) < 4.78 is 59.5. The number of hydrogen-bond donors (Lipinski definition) is 0. The van der Waals surface area contributed by atoms with Crippen LogP contribution in [-0.4, -0.2) is 56.6 Å². The van der Waals surface area contributed by atoms with E-state index < -0.39 is 20.0 Å². The maximum absolute atomic E-state index is 13.1. The molecule has 0 amide bonds. The molecule has 148 valence electrons. The summed E-state index contributed by atoms with van der Waals surface area (Å²) in [7, 11) is -7.86. The Labute approximate surface area is 159 Å². The van der Waals surface area contributed by atoms with Crippen molar-refractivity contribution in [1.29, 1.82) is 0 Å². The largest absolute Gasteiger partial charge is 0.379 e. The molecule has 1 fully saturated rings. The van der Waals surface area contributed by atoms with Gasteiger partial charge in [-0.1, -0.05) is 6.07 Å². The minimum atomic E-state index is -4.00. The van der Waals surface area contributed by atoms with Crippen molar-refractivity contribution in [1.82, 2.24) is 13.5 Å². The average molecular weight is 414 g/mol. The Morgan fingerprint density at radius 2 is 1.56 bits per heavy atom. The van der Waals surface area contributed by atoms with Gasteiger partial charge in [0, 0.05) is 13.1 Å². The Kier molecular flexibility index (Phi) is 5.19. The third kappa shape index (κ3) is 3.42. The van der Waals surface area contributed by atoms with Crippen molar-refractivity contribution in [3.63, 3.8) is 0 Å². The molecule has 0 saturated carbocycles. The third-order valence-corrected chi connectivity index (χ3v) is 8.57. The molecular weight excluding hydrogens is 390 g/mol. The number of rotatable bonds is 4. The molecule has 0 unspecified atom stereocenters. The molecule has 27 heavy (non-hydrogen) atoms. The molecule has 1 aromatic carbocycles. The van der Waals surface area contributed by atoms with E-state index in [-0.39, 0.29) is 34.3 Å². The second-order valence-corrected chi connectivity index (χ2v) is 10.3. The predicted molar refractivity (Wildman–Crippen MR) is 99.8 cm³/mol. The molecule has 10 heteroatoms. The third-order valence-electron chi connectivity index (χ3n) is 4.76. The maximum atomic E-state index is 13.1. The van der Waals surface area contributed by atoms with Crippen LogP contribution in [0.4, 0.5) is 0 Å². The molecule has 1 aliphatic heterocycles. The molecule has 0 radical (unpaired) electrons. The van der Waals surface area contributed by atoms with Crippen LogP contribution in [0.3, 0.4) is 0 Å². The zero-order valence-corrected chi connectivity index (χ0v) is 17.4. The highest BCUT2D eigenvalue weighted by atomic mass is 32.2. The molecular formula is C17H23N3O5S2. The number of aromatic nitrogens is 2. The lowest BCUT2D eigenvalue weighted by Crippen LogP contribution is -2.41. The second kappa shape index (κ2) is 7.01. The molecule has 2 heterocycles. The van der Waals surface area contributed by atoms with E-state index in [0.29, 0.717) is 13.2 Å². The van der Waals surface area contributed by atoms with Crippen LogP contribution in [0.2, 0.25) is 0 Å². The van der Waals surface area contributed by atoms with E-state index in [9.17, 15) is 16.8 Å². The van der Waals surface area contributed by atoms with E-state index in [2.05, 4.69) is 5.10 Å². The molecule has 0 spiro atoms. The first-order valence-corrected chi connectivity index (χ1v) is 11.4. The molecule has 1 aliphatic rings. The molecule has 8 nitrogen and oxygen atoms in total. The molecule has 1 saturated heterocycles. The number of nitrogens with zero attached hydrogens (tertiary/aromatic N) is 3. The fourth-order valence-corrected chi connectivity index (χ4v) is 6.37. The summed E-state index contributed by atoms with van der Waals surface area (Å²) in [5.41, 5.74) is 2.04. The van der Waals surface area contributed by atoms with Gasteiger partial charge >= 0.3 is 0 Å². The predicted octanol–water partition coefficient (Wildman–Crippen LogP) is 1.37. The molecule has 0 aliphatic carbocycles. The molecule has 2 aromatic rings. The fraction of sp³-hybridized carbons (Fsp3) is 0.471. The first kappa shape index (κ1) is 20.0. The van der Waals surface area contributed by atoms with Crippen LogP contribution in [0.1, 0.15) is 22.5 Å². The smallest absolute Gasteiger partial charge is 0.283 e. The van der Waals surface area contributed by atoms with Crippen molar-refractivity contribution >= 4 is 20.0 Å². The van der Waals surface area contributed by atoms with Gasteiger partial charge in [-0.25, -0.2) is 8.42 Å². The summed E-state index contributed by atoms with van der Waals surface area (Å²) in [4.78, 5) is 0.0170. The quantitative estimate of drug-likeness (QED) is 0.751. The Balaban J connectivity index is 2.11. The van der Waals surface area contributed by atoms with Crippen LogP contribution in [0.25, 0.3) is 0 Å². The van der Waals surface area contributed by atoms with E-state index >= 15 is 0 Å². The molecule has 0 atom stereocenters. The summed E-state index contributed by atoms with van der Waals surface area (Å²) in [6.07, 6.45) is 0. The Bertz CT molecular complexity index is 1080. The van der Waals surface area contributed by atoms with E-state index in [4.69, 9.17) is 4.74 Å². The molecule has 3 rings (SSSR count). The maximum Gasteiger partial charge on any atom is 0.283 e. The lowest BCUT2D eigenvalue weighted by Gasteiger charge is -2.26. The van der Waals surface area contributed by atoms with Crippen LogP contribution in [0.15, 0.2) is 28.0 Å². The molecule has 0 N–H and O–H groups in total. The monoisotopic (exact) mass is 413 g/mol. The van der Waals surface area contributed by atoms with Crippen molar-refractivity contribution in [3.8, 4) is 0 Å². The summed E-state index contributed by atoms with van der Waals surface area (Å²) >= 11 is 0. The highest BCUT2D eigenvalue weighted by Crippen LogP contribution is 2.27. The van der Waals surface area contributed by atoms with Gasteiger partial charge in [-0.3, -0.25) is 0 Å². The minimum absolute atomic E-state index is 0.0585. The lowest BCUT2D eigenvalue weighted by atomic mass is 10.1. The normalized spacial score (nSPS) is 16.6. The van der Waals surface area contributed by atoms with Gasteiger partial charge in [-0.05, 0) is 51.0 Å². The summed E-state index contributed by atoms with van der Waals surface area (Å²) in [5, 5.41) is 4.06. The van der Waals surface area contributed by atoms with Gasteiger partial charge in [0.1, 0.15) is 4.90 Å². The van der Waals surface area contributed by atoms with Crippen LogP contribution >= 0.6 is 0 Å². The Morgan fingerprint density at radius 1 is 0.926 bits per heavy atom. The molecule has 1 aromatic heterocycles. The number of hydrogen-bond acceptors (Lipinski definition) is 6. The van der Waals surface area contributed by atoms with Gasteiger partial charge in [0.25, 0.3) is 10.0 Å². The second-order valence-electron chi connectivity index (χ2n) is 6.61.